The lowest BCUT2D eigenvalue weighted by Crippen LogP contribution is -2.57. The molecule has 6 aliphatic rings. The fraction of sp³-hybridized carbons (Fsp3) is 0.769. The SMILES string of the molecule is CO[C@@H]1CN(c2ncc(F)cn2)CC[C@@H]1C1C[C@H]2CC[C@@H](C1)N2.CO[C@@H]1CN(c2ncc(F)cn2)CC[C@@H]1C1C[C@H]2CC[C@@H](C1)N2[C@@H](C(N)=O)C(C)C. The number of rotatable bonds is 9. The molecule has 2 aromatic heterocycles. The first kappa shape index (κ1) is 38.2. The van der Waals surface area contributed by atoms with Crippen LogP contribution in [0.3, 0.4) is 0 Å². The van der Waals surface area contributed by atoms with Crippen LogP contribution in [0.25, 0.3) is 0 Å². The number of fused-ring (bicyclic) bond motifs is 4. The summed E-state index contributed by atoms with van der Waals surface area (Å²) in [5, 5.41) is 3.73. The molecule has 8 heterocycles. The molecule has 0 radical (unpaired) electrons. The third-order valence-corrected chi connectivity index (χ3v) is 13.4. The van der Waals surface area contributed by atoms with Gasteiger partial charge in [-0.1, -0.05) is 13.8 Å². The van der Waals surface area contributed by atoms with Gasteiger partial charge in [-0.15, -0.1) is 0 Å². The Morgan fingerprint density at radius 3 is 1.57 bits per heavy atom. The Bertz CT molecular complexity index is 1480. The van der Waals surface area contributed by atoms with E-state index in [1.807, 2.05) is 7.11 Å². The highest BCUT2D eigenvalue weighted by molar-refractivity contribution is 5.80. The van der Waals surface area contributed by atoms with E-state index in [1.165, 1.54) is 50.5 Å². The Hall–Kier alpha value is -3.07. The number of halogens is 2. The maximum Gasteiger partial charge on any atom is 0.235 e. The lowest BCUT2D eigenvalue weighted by molar-refractivity contribution is -0.128. The molecule has 292 valence electrons. The predicted octanol–water partition coefficient (Wildman–Crippen LogP) is 4.20. The van der Waals surface area contributed by atoms with E-state index in [9.17, 15) is 13.6 Å². The first-order valence-corrected chi connectivity index (χ1v) is 19.9. The van der Waals surface area contributed by atoms with Gasteiger partial charge >= 0.3 is 0 Å². The first-order valence-electron chi connectivity index (χ1n) is 19.9. The van der Waals surface area contributed by atoms with Gasteiger partial charge in [-0.3, -0.25) is 9.69 Å². The summed E-state index contributed by atoms with van der Waals surface area (Å²) in [6.07, 6.45) is 17.1. The number of hydrogen-bond donors (Lipinski definition) is 2. The smallest absolute Gasteiger partial charge is 0.235 e. The molecular formula is C39H59F2N9O3. The number of ether oxygens (including phenoxy) is 2. The van der Waals surface area contributed by atoms with Crippen molar-refractivity contribution in [1.82, 2.24) is 30.2 Å². The van der Waals surface area contributed by atoms with Gasteiger partial charge in [0.25, 0.3) is 0 Å². The Morgan fingerprint density at radius 1 is 0.736 bits per heavy atom. The molecule has 0 aliphatic carbocycles. The Morgan fingerprint density at radius 2 is 1.17 bits per heavy atom. The third kappa shape index (κ3) is 8.45. The van der Waals surface area contributed by atoms with Gasteiger partial charge in [-0.2, -0.15) is 0 Å². The van der Waals surface area contributed by atoms with E-state index < -0.39 is 11.6 Å². The van der Waals surface area contributed by atoms with Crippen LogP contribution in [0.1, 0.15) is 78.1 Å². The molecule has 3 N–H and O–H groups in total. The van der Waals surface area contributed by atoms with E-state index in [-0.39, 0.29) is 30.1 Å². The summed E-state index contributed by atoms with van der Waals surface area (Å²) in [6, 6.07) is 2.14. The highest BCUT2D eigenvalue weighted by Crippen LogP contribution is 2.46. The topological polar surface area (TPSA) is 135 Å². The van der Waals surface area contributed by atoms with Crippen LogP contribution in [0.5, 0.6) is 0 Å². The molecular weight excluding hydrogens is 680 g/mol. The van der Waals surface area contributed by atoms with Crippen LogP contribution in [0.2, 0.25) is 0 Å². The van der Waals surface area contributed by atoms with Gasteiger partial charge < -0.3 is 30.3 Å². The van der Waals surface area contributed by atoms with Crippen molar-refractivity contribution in [3.8, 4) is 0 Å². The van der Waals surface area contributed by atoms with Gasteiger partial charge in [0.15, 0.2) is 11.6 Å². The minimum Gasteiger partial charge on any atom is -0.379 e. The number of nitrogens with one attached hydrogen (secondary N) is 1. The quantitative estimate of drug-likeness (QED) is 0.384. The average Bonchev–Trinajstić information content (AvgIpc) is 3.62. The lowest BCUT2D eigenvalue weighted by atomic mass is 9.74. The van der Waals surface area contributed by atoms with Crippen molar-refractivity contribution in [1.29, 1.82) is 0 Å². The van der Waals surface area contributed by atoms with Crippen LogP contribution < -0.4 is 20.9 Å². The van der Waals surface area contributed by atoms with E-state index in [2.05, 4.69) is 53.8 Å². The van der Waals surface area contributed by atoms with Crippen LogP contribution >= 0.6 is 0 Å². The predicted molar refractivity (Wildman–Crippen MR) is 198 cm³/mol. The number of methoxy groups -OCH3 is 2. The molecule has 1 amide bonds. The minimum absolute atomic E-state index is 0.0976. The van der Waals surface area contributed by atoms with E-state index in [0.717, 1.165) is 82.7 Å². The second-order valence-corrected chi connectivity index (χ2v) is 16.8. The number of piperidine rings is 4. The van der Waals surface area contributed by atoms with Crippen LogP contribution in [0.4, 0.5) is 20.7 Å². The van der Waals surface area contributed by atoms with Crippen LogP contribution in [-0.4, -0.2) is 114 Å². The molecule has 11 atom stereocenters. The van der Waals surface area contributed by atoms with Crippen LogP contribution in [0, 0.1) is 41.2 Å². The summed E-state index contributed by atoms with van der Waals surface area (Å²) in [5.74, 6) is 2.83. The maximum atomic E-state index is 13.2. The molecule has 2 unspecified atom stereocenters. The summed E-state index contributed by atoms with van der Waals surface area (Å²) >= 11 is 0. The van der Waals surface area contributed by atoms with Gasteiger partial charge in [0.1, 0.15) is 0 Å². The number of primary amides is 1. The normalized spacial score (nSPS) is 34.8. The minimum atomic E-state index is -0.421. The number of hydrogen-bond acceptors (Lipinski definition) is 11. The van der Waals surface area contributed by atoms with E-state index in [4.69, 9.17) is 15.2 Å². The Balaban J connectivity index is 0.000000170. The van der Waals surface area contributed by atoms with Gasteiger partial charge in [-0.05, 0) is 93.8 Å². The lowest BCUT2D eigenvalue weighted by Gasteiger charge is -2.48. The number of aromatic nitrogens is 4. The molecule has 14 heteroatoms. The molecule has 8 rings (SSSR count). The van der Waals surface area contributed by atoms with Gasteiger partial charge in [0.05, 0.1) is 43.0 Å². The Kier molecular flexibility index (Phi) is 12.1. The molecule has 6 saturated heterocycles. The summed E-state index contributed by atoms with van der Waals surface area (Å²) in [4.78, 5) is 35.3. The zero-order valence-electron chi connectivity index (χ0n) is 31.8. The molecule has 6 aliphatic heterocycles. The van der Waals surface area contributed by atoms with Crippen molar-refractivity contribution < 1.29 is 23.0 Å². The molecule has 4 bridgehead atoms. The fourth-order valence-electron chi connectivity index (χ4n) is 11.1. The zero-order valence-corrected chi connectivity index (χ0v) is 31.8. The fourth-order valence-corrected chi connectivity index (χ4v) is 11.1. The number of amides is 1. The highest BCUT2D eigenvalue weighted by Gasteiger charge is 2.49. The number of anilines is 2. The van der Waals surface area contributed by atoms with Gasteiger partial charge in [-0.25, -0.2) is 28.7 Å². The molecule has 0 spiro atoms. The monoisotopic (exact) mass is 739 g/mol. The van der Waals surface area contributed by atoms with Crippen molar-refractivity contribution in [3.05, 3.63) is 36.4 Å². The highest BCUT2D eigenvalue weighted by atomic mass is 19.1. The second kappa shape index (κ2) is 16.7. The summed E-state index contributed by atoms with van der Waals surface area (Å²) in [6.45, 7) is 7.48. The Labute approximate surface area is 313 Å². The van der Waals surface area contributed by atoms with Crippen molar-refractivity contribution >= 4 is 17.8 Å². The van der Waals surface area contributed by atoms with Crippen LogP contribution in [0.15, 0.2) is 24.8 Å². The summed E-state index contributed by atoms with van der Waals surface area (Å²) in [7, 11) is 3.58. The second-order valence-electron chi connectivity index (χ2n) is 16.8. The molecule has 0 aromatic carbocycles. The molecule has 53 heavy (non-hydrogen) atoms. The molecule has 0 saturated carbocycles. The third-order valence-electron chi connectivity index (χ3n) is 13.4. The van der Waals surface area contributed by atoms with E-state index in [1.54, 1.807) is 7.11 Å². The zero-order chi connectivity index (χ0) is 37.2. The summed E-state index contributed by atoms with van der Waals surface area (Å²) < 4.78 is 37.9. The van der Waals surface area contributed by atoms with Crippen LogP contribution in [-0.2, 0) is 14.3 Å². The van der Waals surface area contributed by atoms with Gasteiger partial charge in [0, 0.05) is 64.6 Å². The molecule has 2 aromatic rings. The number of nitrogens with zero attached hydrogens (tertiary/aromatic N) is 7. The van der Waals surface area contributed by atoms with Crippen molar-refractivity contribution in [2.45, 2.75) is 120 Å². The van der Waals surface area contributed by atoms with Crippen molar-refractivity contribution in [2.75, 3.05) is 50.2 Å². The van der Waals surface area contributed by atoms with E-state index in [0.29, 0.717) is 41.7 Å². The van der Waals surface area contributed by atoms with Crippen molar-refractivity contribution in [3.63, 3.8) is 0 Å². The largest absolute Gasteiger partial charge is 0.379 e. The van der Waals surface area contributed by atoms with Crippen molar-refractivity contribution in [2.24, 2.45) is 35.3 Å². The molecule has 12 nitrogen and oxygen atoms in total. The average molecular weight is 740 g/mol. The number of carbonyl (C=O) groups excluding carboxylic acids is 1. The number of nitrogens with two attached hydrogens (primary N) is 1. The first-order chi connectivity index (χ1) is 25.6. The van der Waals surface area contributed by atoms with E-state index >= 15 is 0 Å². The maximum absolute atomic E-state index is 13.2. The van der Waals surface area contributed by atoms with Gasteiger partial charge in [0.2, 0.25) is 17.8 Å². The molecule has 6 fully saturated rings. The standard InChI is InChI=1S/C22H34FN5O2.C17H25FN4O/c1-13(2)20(21(24)29)28-16-4-5-17(28)9-14(8-16)18-6-7-27(12-19(18)30-3)22-25-10-15(23)11-26-22;1-23-16-10-22(17-19-8-12(18)9-20-17)5-4-15(16)11-6-13-2-3-14(7-11)21-13/h10-11,13-14,16-20H,4-9,12H2,1-3H3,(H2,24,29);8-9,11,13-16,21H,2-7,10H2,1H3/t14?,16-,17+,18-,19-,20-;11?,13-,14+,15-,16-/m11/s1. The number of carbonyl (C=O) groups is 1. The summed E-state index contributed by atoms with van der Waals surface area (Å²) in [5.41, 5.74) is 5.78.